The topological polar surface area (TPSA) is 71.3 Å². The maximum atomic E-state index is 13.1. The maximum Gasteiger partial charge on any atom is 0.336 e. The molecule has 4 rings (SSSR count). The standard InChI is InChI=1S/C34H32Cl2N2O3/c1-6-8-29(34(40)41)27(7-2)24-11-9-23(10-12-24)19-38-22(5)20(3)30-17-25(13-16-32(30)38)33(39)37-21(4)28-15-14-26(35)18-31(28)36/h6-18,21H,1,19H2,2-5H3,(H,37,39)(H,40,41). The van der Waals surface area contributed by atoms with Crippen molar-refractivity contribution in [2.75, 3.05) is 0 Å². The van der Waals surface area contributed by atoms with E-state index in [9.17, 15) is 14.7 Å². The monoisotopic (exact) mass is 586 g/mol. The first-order valence-corrected chi connectivity index (χ1v) is 14.0. The number of carbonyl (C=O) groups is 2. The second-order valence-electron chi connectivity index (χ2n) is 9.91. The number of carbonyl (C=O) groups excluding carboxylic acids is 1. The van der Waals surface area contributed by atoms with Crippen LogP contribution in [0, 0.1) is 13.8 Å². The molecule has 1 amide bonds. The molecule has 0 saturated carbocycles. The van der Waals surface area contributed by atoms with Crippen molar-refractivity contribution in [2.24, 2.45) is 0 Å². The molecule has 0 radical (unpaired) electrons. The zero-order chi connectivity index (χ0) is 29.8. The van der Waals surface area contributed by atoms with Crippen LogP contribution in [0.5, 0.6) is 0 Å². The highest BCUT2D eigenvalue weighted by Crippen LogP contribution is 2.30. The van der Waals surface area contributed by atoms with Gasteiger partial charge in [0.15, 0.2) is 0 Å². The number of nitrogens with zero attached hydrogens (tertiary/aromatic N) is 1. The van der Waals surface area contributed by atoms with Crippen LogP contribution >= 0.6 is 23.2 Å². The average Bonchev–Trinajstić information content (AvgIpc) is 3.17. The van der Waals surface area contributed by atoms with E-state index < -0.39 is 5.97 Å². The van der Waals surface area contributed by atoms with Crippen LogP contribution in [0.1, 0.15) is 58.2 Å². The molecule has 4 aromatic rings. The minimum atomic E-state index is -0.997. The summed E-state index contributed by atoms with van der Waals surface area (Å²) < 4.78 is 2.23. The van der Waals surface area contributed by atoms with Gasteiger partial charge in [-0.2, -0.15) is 0 Å². The molecule has 7 heteroatoms. The fourth-order valence-electron chi connectivity index (χ4n) is 5.05. The second-order valence-corrected chi connectivity index (χ2v) is 10.8. The highest BCUT2D eigenvalue weighted by Gasteiger charge is 2.18. The first-order chi connectivity index (χ1) is 19.5. The van der Waals surface area contributed by atoms with Gasteiger partial charge >= 0.3 is 5.97 Å². The van der Waals surface area contributed by atoms with Gasteiger partial charge in [0.05, 0.1) is 11.6 Å². The van der Waals surface area contributed by atoms with Crippen molar-refractivity contribution >= 4 is 51.6 Å². The molecule has 1 heterocycles. The third-order valence-corrected chi connectivity index (χ3v) is 7.94. The van der Waals surface area contributed by atoms with E-state index >= 15 is 0 Å². The SMILES string of the molecule is C=CC=C(C(=O)O)C(=CC)c1ccc(Cn2c(C)c(C)c3cc(C(=O)NC(C)c4ccc(Cl)cc4Cl)ccc32)cc1. The van der Waals surface area contributed by atoms with Gasteiger partial charge in [0, 0.05) is 38.8 Å². The molecule has 0 bridgehead atoms. The lowest BCUT2D eigenvalue weighted by Crippen LogP contribution is -2.26. The van der Waals surface area contributed by atoms with Crippen molar-refractivity contribution in [3.05, 3.63) is 135 Å². The number of amides is 1. The number of hydrogen-bond acceptors (Lipinski definition) is 2. The van der Waals surface area contributed by atoms with E-state index in [-0.39, 0.29) is 17.5 Å². The number of carboxylic acid groups (broad SMARTS) is 1. The number of nitrogens with one attached hydrogen (secondary N) is 1. The normalized spacial score (nSPS) is 12.8. The van der Waals surface area contributed by atoms with E-state index in [2.05, 4.69) is 30.3 Å². The summed E-state index contributed by atoms with van der Waals surface area (Å²) in [5, 5.41) is 14.7. The molecule has 3 aromatic carbocycles. The summed E-state index contributed by atoms with van der Waals surface area (Å²) in [6, 6.07) is 18.6. The molecule has 0 aliphatic rings. The molecule has 0 spiro atoms. The van der Waals surface area contributed by atoms with Gasteiger partial charge in [-0.15, -0.1) is 0 Å². The predicted molar refractivity (Wildman–Crippen MR) is 169 cm³/mol. The third kappa shape index (κ3) is 6.32. The van der Waals surface area contributed by atoms with Gasteiger partial charge in [0.25, 0.3) is 5.91 Å². The molecule has 0 fully saturated rings. The highest BCUT2D eigenvalue weighted by molar-refractivity contribution is 6.35. The Hall–Kier alpha value is -4.06. The van der Waals surface area contributed by atoms with E-state index in [4.69, 9.17) is 23.2 Å². The number of benzene rings is 3. The summed E-state index contributed by atoms with van der Waals surface area (Å²) >= 11 is 12.4. The number of aliphatic carboxylic acids is 1. The number of halogens is 2. The van der Waals surface area contributed by atoms with Crippen molar-refractivity contribution in [2.45, 2.75) is 40.3 Å². The zero-order valence-electron chi connectivity index (χ0n) is 23.5. The number of rotatable bonds is 9. The molecule has 0 aliphatic carbocycles. The van der Waals surface area contributed by atoms with E-state index in [0.29, 0.717) is 27.7 Å². The van der Waals surface area contributed by atoms with Gasteiger partial charge in [-0.25, -0.2) is 4.79 Å². The van der Waals surface area contributed by atoms with Crippen molar-refractivity contribution in [1.82, 2.24) is 9.88 Å². The van der Waals surface area contributed by atoms with Gasteiger partial charge in [-0.1, -0.05) is 72.3 Å². The molecule has 1 aromatic heterocycles. The fourth-order valence-corrected chi connectivity index (χ4v) is 5.62. The van der Waals surface area contributed by atoms with Crippen molar-refractivity contribution < 1.29 is 14.7 Å². The van der Waals surface area contributed by atoms with E-state index in [1.165, 1.54) is 12.2 Å². The largest absolute Gasteiger partial charge is 0.478 e. The summed E-state index contributed by atoms with van der Waals surface area (Å²) in [6.07, 6.45) is 4.78. The van der Waals surface area contributed by atoms with Gasteiger partial charge in [0.1, 0.15) is 0 Å². The molecule has 1 unspecified atom stereocenters. The fraction of sp³-hybridized carbons (Fsp3) is 0.176. The summed E-state index contributed by atoms with van der Waals surface area (Å²) in [7, 11) is 0. The minimum absolute atomic E-state index is 0.183. The summed E-state index contributed by atoms with van der Waals surface area (Å²) in [4.78, 5) is 24.9. The Bertz CT molecular complexity index is 1710. The van der Waals surface area contributed by atoms with Crippen LogP contribution < -0.4 is 5.32 Å². The van der Waals surface area contributed by atoms with E-state index in [0.717, 1.165) is 38.9 Å². The molecule has 0 aliphatic heterocycles. The molecule has 1 atom stereocenters. The first kappa shape index (κ1) is 29.9. The molecule has 210 valence electrons. The van der Waals surface area contributed by atoms with Crippen molar-refractivity contribution in [3.63, 3.8) is 0 Å². The molecular formula is C34H32Cl2N2O3. The number of aromatic nitrogens is 1. The van der Waals surface area contributed by atoms with Gasteiger partial charge < -0.3 is 15.0 Å². The Kier molecular flexibility index (Phi) is 9.21. The molecule has 2 N–H and O–H groups in total. The zero-order valence-corrected chi connectivity index (χ0v) is 25.0. The first-order valence-electron chi connectivity index (χ1n) is 13.2. The maximum absolute atomic E-state index is 13.1. The number of fused-ring (bicyclic) bond motifs is 1. The Labute approximate surface area is 250 Å². The molecular weight excluding hydrogens is 555 g/mol. The summed E-state index contributed by atoms with van der Waals surface area (Å²) in [5.41, 5.74) is 7.35. The Morgan fingerprint density at radius 2 is 1.71 bits per heavy atom. The molecule has 0 saturated heterocycles. The second kappa shape index (κ2) is 12.6. The van der Waals surface area contributed by atoms with E-state index in [1.807, 2.05) is 62.4 Å². The predicted octanol–water partition coefficient (Wildman–Crippen LogP) is 8.70. The van der Waals surface area contributed by atoms with Crippen LogP contribution in [-0.2, 0) is 11.3 Å². The number of allylic oxidation sites excluding steroid dienone is 3. The lowest BCUT2D eigenvalue weighted by Gasteiger charge is -2.16. The van der Waals surface area contributed by atoms with Crippen molar-refractivity contribution in [1.29, 1.82) is 0 Å². The average molecular weight is 588 g/mol. The molecule has 5 nitrogen and oxygen atoms in total. The lowest BCUT2D eigenvalue weighted by atomic mass is 9.96. The van der Waals surface area contributed by atoms with Gasteiger partial charge in [-0.05, 0) is 91.9 Å². The lowest BCUT2D eigenvalue weighted by molar-refractivity contribution is -0.132. The van der Waals surface area contributed by atoms with Crippen LogP contribution in [0.25, 0.3) is 16.5 Å². The smallest absolute Gasteiger partial charge is 0.336 e. The minimum Gasteiger partial charge on any atom is -0.478 e. The quantitative estimate of drug-likeness (QED) is 0.152. The number of carboxylic acids is 1. The van der Waals surface area contributed by atoms with Crippen LogP contribution in [0.3, 0.4) is 0 Å². The van der Waals surface area contributed by atoms with Crippen LogP contribution in [0.15, 0.2) is 91.0 Å². The van der Waals surface area contributed by atoms with Crippen LogP contribution in [0.4, 0.5) is 0 Å². The number of aryl methyl sites for hydroxylation is 1. The van der Waals surface area contributed by atoms with Gasteiger partial charge in [-0.3, -0.25) is 4.79 Å². The number of hydrogen-bond donors (Lipinski definition) is 2. The summed E-state index contributed by atoms with van der Waals surface area (Å²) in [5.74, 6) is -1.18. The Balaban J connectivity index is 1.58. The Morgan fingerprint density at radius 1 is 1.02 bits per heavy atom. The van der Waals surface area contributed by atoms with Crippen LogP contribution in [-0.4, -0.2) is 21.6 Å². The summed E-state index contributed by atoms with van der Waals surface area (Å²) in [6.45, 7) is 12.1. The van der Waals surface area contributed by atoms with Crippen molar-refractivity contribution in [3.8, 4) is 0 Å². The van der Waals surface area contributed by atoms with Crippen LogP contribution in [0.2, 0.25) is 10.0 Å². The van der Waals surface area contributed by atoms with E-state index in [1.54, 1.807) is 18.2 Å². The Morgan fingerprint density at radius 3 is 2.32 bits per heavy atom. The van der Waals surface area contributed by atoms with Gasteiger partial charge in [0.2, 0.25) is 0 Å². The highest BCUT2D eigenvalue weighted by atomic mass is 35.5. The third-order valence-electron chi connectivity index (χ3n) is 7.38. The molecule has 41 heavy (non-hydrogen) atoms.